The van der Waals surface area contributed by atoms with Crippen LogP contribution in [-0.2, 0) is 11.2 Å². The van der Waals surface area contributed by atoms with Gasteiger partial charge in [-0.2, -0.15) is 9.07 Å². The van der Waals surface area contributed by atoms with E-state index in [4.69, 9.17) is 9.47 Å². The van der Waals surface area contributed by atoms with E-state index in [0.717, 1.165) is 11.3 Å². The first-order valence-electron chi connectivity index (χ1n) is 7.93. The van der Waals surface area contributed by atoms with Crippen LogP contribution in [-0.4, -0.2) is 50.7 Å². The van der Waals surface area contributed by atoms with E-state index in [1.54, 1.807) is 31.8 Å². The molecule has 0 aromatic carbocycles. The third kappa shape index (κ3) is 2.84. The molecule has 9 nitrogen and oxygen atoms in total. The summed E-state index contributed by atoms with van der Waals surface area (Å²) < 4.78 is 26.1. The second-order valence-corrected chi connectivity index (χ2v) is 5.64. The number of anilines is 1. The average Bonchev–Trinajstić information content (AvgIpc) is 3.20. The van der Waals surface area contributed by atoms with Gasteiger partial charge in [0.15, 0.2) is 6.23 Å². The number of aromatic nitrogens is 6. The zero-order valence-electron chi connectivity index (χ0n) is 14.2. The molecule has 0 saturated heterocycles. The van der Waals surface area contributed by atoms with Crippen molar-refractivity contribution in [3.63, 3.8) is 0 Å². The van der Waals surface area contributed by atoms with Gasteiger partial charge < -0.3 is 14.4 Å². The molecule has 1 unspecified atom stereocenters. The van der Waals surface area contributed by atoms with Crippen LogP contribution in [0.4, 0.5) is 10.2 Å². The molecular formula is C16H16FN7O2. The van der Waals surface area contributed by atoms with Crippen LogP contribution in [0, 0.1) is 5.95 Å². The minimum Gasteiger partial charge on any atom is -0.496 e. The number of hydrogen-bond donors (Lipinski definition) is 0. The Labute approximate surface area is 148 Å². The fraction of sp³-hybridized carbons (Fsp3) is 0.312. The van der Waals surface area contributed by atoms with Gasteiger partial charge in [-0.1, -0.05) is 5.21 Å². The number of methoxy groups -OCH3 is 2. The van der Waals surface area contributed by atoms with Crippen molar-refractivity contribution < 1.29 is 13.9 Å². The molecule has 4 heterocycles. The Kier molecular flexibility index (Phi) is 4.17. The van der Waals surface area contributed by atoms with Gasteiger partial charge in [0.1, 0.15) is 11.6 Å². The van der Waals surface area contributed by atoms with Gasteiger partial charge in [-0.3, -0.25) is 0 Å². The third-order valence-corrected chi connectivity index (χ3v) is 4.16. The molecule has 4 rings (SSSR count). The lowest BCUT2D eigenvalue weighted by Crippen LogP contribution is -2.38. The van der Waals surface area contributed by atoms with Crippen LogP contribution >= 0.6 is 0 Å². The van der Waals surface area contributed by atoms with Crippen molar-refractivity contribution in [2.24, 2.45) is 0 Å². The molecule has 3 aromatic rings. The van der Waals surface area contributed by atoms with E-state index in [-0.39, 0.29) is 0 Å². The summed E-state index contributed by atoms with van der Waals surface area (Å²) in [5.41, 5.74) is 1.64. The number of pyridine rings is 1. The minimum atomic E-state index is -0.613. The Morgan fingerprint density at radius 2 is 2.12 bits per heavy atom. The summed E-state index contributed by atoms with van der Waals surface area (Å²) in [6.07, 6.45) is 5.07. The first-order valence-corrected chi connectivity index (χ1v) is 7.93. The lowest BCUT2D eigenvalue weighted by molar-refractivity contribution is 0.0925. The van der Waals surface area contributed by atoms with E-state index in [1.165, 1.54) is 17.9 Å². The Balaban J connectivity index is 1.71. The Morgan fingerprint density at radius 3 is 2.85 bits per heavy atom. The van der Waals surface area contributed by atoms with Crippen molar-refractivity contribution >= 4 is 5.82 Å². The Bertz CT molecular complexity index is 919. The van der Waals surface area contributed by atoms with E-state index < -0.39 is 12.2 Å². The molecule has 1 atom stereocenters. The van der Waals surface area contributed by atoms with Gasteiger partial charge in [0.2, 0.25) is 5.95 Å². The maximum absolute atomic E-state index is 13.8. The molecule has 0 spiro atoms. The molecule has 1 aliphatic heterocycles. The van der Waals surface area contributed by atoms with Gasteiger partial charge in [-0.15, -0.1) is 5.10 Å². The second-order valence-electron chi connectivity index (χ2n) is 5.64. The number of fused-ring (bicyclic) bond motifs is 1. The van der Waals surface area contributed by atoms with Crippen molar-refractivity contribution in [2.45, 2.75) is 12.6 Å². The summed E-state index contributed by atoms with van der Waals surface area (Å²) in [5.74, 6) is 0.651. The number of nitrogens with zero attached hydrogens (tertiary/aromatic N) is 7. The number of halogens is 1. The average molecular weight is 357 g/mol. The second kappa shape index (κ2) is 6.64. The first-order chi connectivity index (χ1) is 12.7. The van der Waals surface area contributed by atoms with E-state index >= 15 is 0 Å². The molecule has 0 amide bonds. The molecule has 0 N–H and O–H groups in total. The largest absolute Gasteiger partial charge is 0.496 e. The molecule has 3 aromatic heterocycles. The highest BCUT2D eigenvalue weighted by Crippen LogP contribution is 2.33. The predicted molar refractivity (Wildman–Crippen MR) is 88.5 cm³/mol. The van der Waals surface area contributed by atoms with Crippen LogP contribution in [0.3, 0.4) is 0 Å². The quantitative estimate of drug-likeness (QED) is 0.646. The van der Waals surface area contributed by atoms with Crippen LogP contribution in [0.25, 0.3) is 5.95 Å². The SMILES string of the molecule is COc1cc(F)nc(N2CCc3nc(-n4ccnn4)ncc3C2OC)c1. The number of hydrogen-bond acceptors (Lipinski definition) is 8. The van der Waals surface area contributed by atoms with Crippen LogP contribution in [0.1, 0.15) is 17.5 Å². The van der Waals surface area contributed by atoms with E-state index in [0.29, 0.717) is 30.5 Å². The molecule has 0 radical (unpaired) electrons. The van der Waals surface area contributed by atoms with E-state index in [2.05, 4.69) is 25.3 Å². The lowest BCUT2D eigenvalue weighted by atomic mass is 10.1. The van der Waals surface area contributed by atoms with Crippen LogP contribution in [0.2, 0.25) is 0 Å². The van der Waals surface area contributed by atoms with Gasteiger partial charge in [0, 0.05) is 44.0 Å². The van der Waals surface area contributed by atoms with E-state index in [1.807, 2.05) is 4.90 Å². The molecule has 1 aliphatic rings. The van der Waals surface area contributed by atoms with E-state index in [9.17, 15) is 4.39 Å². The highest BCUT2D eigenvalue weighted by atomic mass is 19.1. The zero-order chi connectivity index (χ0) is 18.1. The zero-order valence-corrected chi connectivity index (χ0v) is 14.2. The molecular weight excluding hydrogens is 341 g/mol. The first kappa shape index (κ1) is 16.3. The van der Waals surface area contributed by atoms with Crippen molar-refractivity contribution in [2.75, 3.05) is 25.7 Å². The molecule has 134 valence electrons. The molecule has 10 heteroatoms. The summed E-state index contributed by atoms with van der Waals surface area (Å²) in [6.45, 7) is 0.554. The standard InChI is InChI=1S/C16H16FN7O2/c1-25-10-7-13(17)21-14(8-10)23-5-3-12-11(15(23)26-2)9-18-16(20-12)24-6-4-19-22-24/h4,6-9,15H,3,5H2,1-2H3. The van der Waals surface area contributed by atoms with Crippen molar-refractivity contribution in [3.8, 4) is 11.7 Å². The maximum Gasteiger partial charge on any atom is 0.252 e. The Morgan fingerprint density at radius 1 is 1.23 bits per heavy atom. The lowest BCUT2D eigenvalue weighted by Gasteiger charge is -2.36. The Hall–Kier alpha value is -3.14. The van der Waals surface area contributed by atoms with Gasteiger partial charge in [-0.05, 0) is 0 Å². The van der Waals surface area contributed by atoms with Crippen molar-refractivity contribution in [3.05, 3.63) is 47.9 Å². The number of rotatable bonds is 4. The smallest absolute Gasteiger partial charge is 0.252 e. The summed E-state index contributed by atoms with van der Waals surface area (Å²) in [7, 11) is 3.06. The highest BCUT2D eigenvalue weighted by Gasteiger charge is 2.30. The summed E-state index contributed by atoms with van der Waals surface area (Å²) in [6, 6.07) is 2.90. The molecule has 0 bridgehead atoms. The summed E-state index contributed by atoms with van der Waals surface area (Å²) in [4.78, 5) is 14.7. The predicted octanol–water partition coefficient (Wildman–Crippen LogP) is 1.31. The molecule has 26 heavy (non-hydrogen) atoms. The van der Waals surface area contributed by atoms with Gasteiger partial charge in [-0.25, -0.2) is 15.0 Å². The van der Waals surface area contributed by atoms with Gasteiger partial charge in [0.25, 0.3) is 5.95 Å². The topological polar surface area (TPSA) is 91.1 Å². The highest BCUT2D eigenvalue weighted by molar-refractivity contribution is 5.48. The molecule has 0 saturated carbocycles. The molecule has 0 fully saturated rings. The third-order valence-electron chi connectivity index (χ3n) is 4.16. The van der Waals surface area contributed by atoms with Crippen molar-refractivity contribution in [1.82, 2.24) is 29.9 Å². The fourth-order valence-electron chi connectivity index (χ4n) is 2.97. The summed E-state index contributed by atoms with van der Waals surface area (Å²) in [5, 5.41) is 7.66. The van der Waals surface area contributed by atoms with Gasteiger partial charge in [0.05, 0.1) is 25.2 Å². The van der Waals surface area contributed by atoms with Crippen LogP contribution in [0.5, 0.6) is 5.75 Å². The van der Waals surface area contributed by atoms with Crippen LogP contribution < -0.4 is 9.64 Å². The van der Waals surface area contributed by atoms with Gasteiger partial charge >= 0.3 is 0 Å². The summed E-state index contributed by atoms with van der Waals surface area (Å²) >= 11 is 0. The fourth-order valence-corrected chi connectivity index (χ4v) is 2.97. The molecule has 0 aliphatic carbocycles. The van der Waals surface area contributed by atoms with Crippen LogP contribution in [0.15, 0.2) is 30.7 Å². The monoisotopic (exact) mass is 357 g/mol. The maximum atomic E-state index is 13.8. The van der Waals surface area contributed by atoms with Crippen molar-refractivity contribution in [1.29, 1.82) is 0 Å². The normalized spacial score (nSPS) is 16.4. The number of ether oxygens (including phenoxy) is 2. The minimum absolute atomic E-state index is 0.394.